The van der Waals surface area contributed by atoms with Crippen LogP contribution in [0.5, 0.6) is 0 Å². The molecule has 0 saturated carbocycles. The Morgan fingerprint density at radius 2 is 2.50 bits per heavy atom. The van der Waals surface area contributed by atoms with E-state index in [1.54, 1.807) is 6.07 Å². The maximum absolute atomic E-state index is 11.0. The largest absolute Gasteiger partial charge is 0.298 e. The van der Waals surface area contributed by atoms with Crippen LogP contribution in [-0.4, -0.2) is 5.78 Å². The van der Waals surface area contributed by atoms with Crippen LogP contribution >= 0.6 is 27.3 Å². The van der Waals surface area contributed by atoms with Gasteiger partial charge in [0.2, 0.25) is 0 Å². The van der Waals surface area contributed by atoms with Gasteiger partial charge in [0.25, 0.3) is 0 Å². The van der Waals surface area contributed by atoms with Crippen molar-refractivity contribution >= 4 is 33.0 Å². The lowest BCUT2D eigenvalue weighted by molar-refractivity contribution is -0.117. The summed E-state index contributed by atoms with van der Waals surface area (Å²) in [5.41, 5.74) is 0. The number of carbonyl (C=O) groups excluding carboxylic acids is 1. The summed E-state index contributed by atoms with van der Waals surface area (Å²) in [6.07, 6.45) is 0. The number of nitrogens with zero attached hydrogens (tertiary/aromatic N) is 1. The first-order valence-electron chi connectivity index (χ1n) is 3.29. The van der Waals surface area contributed by atoms with Gasteiger partial charge in [0.15, 0.2) is 5.78 Å². The minimum atomic E-state index is -0.596. The van der Waals surface area contributed by atoms with Gasteiger partial charge in [0, 0.05) is 14.7 Å². The molecule has 2 nitrogen and oxygen atoms in total. The molecule has 4 heteroatoms. The number of nitriles is 1. The molecule has 1 atom stereocenters. The molecule has 1 aromatic rings. The number of rotatable bonds is 2. The summed E-state index contributed by atoms with van der Waals surface area (Å²) in [7, 11) is 0. The Balaban J connectivity index is 2.97. The molecule has 1 unspecified atom stereocenters. The van der Waals surface area contributed by atoms with Crippen molar-refractivity contribution in [3.63, 3.8) is 0 Å². The van der Waals surface area contributed by atoms with Crippen LogP contribution < -0.4 is 0 Å². The summed E-state index contributed by atoms with van der Waals surface area (Å²) in [5.74, 6) is -0.701. The van der Waals surface area contributed by atoms with E-state index < -0.39 is 5.92 Å². The lowest BCUT2D eigenvalue weighted by Crippen LogP contribution is -2.03. The summed E-state index contributed by atoms with van der Waals surface area (Å²) >= 11 is 4.69. The molecule has 1 heterocycles. The molecule has 0 aliphatic heterocycles. The molecule has 0 saturated heterocycles. The fourth-order valence-corrected chi connectivity index (χ4v) is 2.38. The topological polar surface area (TPSA) is 40.9 Å². The molecule has 0 bridgehead atoms. The average molecular weight is 244 g/mol. The van der Waals surface area contributed by atoms with E-state index in [1.165, 1.54) is 18.3 Å². The van der Waals surface area contributed by atoms with E-state index >= 15 is 0 Å². The van der Waals surface area contributed by atoms with E-state index in [-0.39, 0.29) is 5.78 Å². The second-order valence-corrected chi connectivity index (χ2v) is 4.20. The number of halogens is 1. The van der Waals surface area contributed by atoms with Gasteiger partial charge in [-0.15, -0.1) is 11.3 Å². The SMILES string of the molecule is CC(=O)C(C#N)c1cc(Br)cs1. The van der Waals surface area contributed by atoms with Gasteiger partial charge in [-0.25, -0.2) is 0 Å². The first-order valence-corrected chi connectivity index (χ1v) is 4.96. The fraction of sp³-hybridized carbons (Fsp3) is 0.250. The Morgan fingerprint density at radius 3 is 2.83 bits per heavy atom. The molecule has 0 aliphatic rings. The van der Waals surface area contributed by atoms with E-state index in [1.807, 2.05) is 11.4 Å². The van der Waals surface area contributed by atoms with Crippen LogP contribution in [0.15, 0.2) is 15.9 Å². The van der Waals surface area contributed by atoms with E-state index in [0.717, 1.165) is 9.35 Å². The Kier molecular flexibility index (Phi) is 3.01. The van der Waals surface area contributed by atoms with Crippen molar-refractivity contribution in [1.29, 1.82) is 5.26 Å². The van der Waals surface area contributed by atoms with Gasteiger partial charge < -0.3 is 0 Å². The molecular formula is C8H6BrNOS. The fourth-order valence-electron chi connectivity index (χ4n) is 0.835. The average Bonchev–Trinajstić information content (AvgIpc) is 2.37. The minimum absolute atomic E-state index is 0.105. The number of hydrogen-bond acceptors (Lipinski definition) is 3. The van der Waals surface area contributed by atoms with Crippen LogP contribution in [0.2, 0.25) is 0 Å². The number of ketones is 1. The second-order valence-electron chi connectivity index (χ2n) is 2.34. The molecule has 12 heavy (non-hydrogen) atoms. The molecule has 1 aromatic heterocycles. The molecule has 0 spiro atoms. The first kappa shape index (κ1) is 9.43. The summed E-state index contributed by atoms with van der Waals surface area (Å²) in [4.78, 5) is 11.8. The van der Waals surface area contributed by atoms with Crippen molar-refractivity contribution in [2.45, 2.75) is 12.8 Å². The minimum Gasteiger partial charge on any atom is -0.298 e. The molecule has 0 N–H and O–H groups in total. The zero-order chi connectivity index (χ0) is 9.14. The molecule has 1 rings (SSSR count). The van der Waals surface area contributed by atoms with Crippen LogP contribution in [0, 0.1) is 11.3 Å². The first-order chi connectivity index (χ1) is 5.65. The van der Waals surface area contributed by atoms with Crippen molar-refractivity contribution in [3.05, 3.63) is 20.8 Å². The normalized spacial score (nSPS) is 12.1. The summed E-state index contributed by atoms with van der Waals surface area (Å²) in [6.45, 7) is 1.43. The number of hydrogen-bond donors (Lipinski definition) is 0. The van der Waals surface area contributed by atoms with Crippen molar-refractivity contribution in [1.82, 2.24) is 0 Å². The van der Waals surface area contributed by atoms with Crippen LogP contribution in [0.25, 0.3) is 0 Å². The predicted molar refractivity (Wildman–Crippen MR) is 51.1 cm³/mol. The Bertz CT molecular complexity index is 339. The molecule has 0 fully saturated rings. The van der Waals surface area contributed by atoms with Gasteiger partial charge in [0.1, 0.15) is 5.92 Å². The number of Topliss-reactive ketones (excluding diaryl/α,β-unsaturated/α-hetero) is 1. The van der Waals surface area contributed by atoms with Crippen LogP contribution in [0.1, 0.15) is 17.7 Å². The zero-order valence-electron chi connectivity index (χ0n) is 6.37. The smallest absolute Gasteiger partial charge is 0.152 e. The monoisotopic (exact) mass is 243 g/mol. The molecule has 0 aromatic carbocycles. The van der Waals surface area contributed by atoms with Crippen LogP contribution in [-0.2, 0) is 4.79 Å². The van der Waals surface area contributed by atoms with Crippen LogP contribution in [0.4, 0.5) is 0 Å². The highest BCUT2D eigenvalue weighted by atomic mass is 79.9. The summed E-state index contributed by atoms with van der Waals surface area (Å²) in [5, 5.41) is 10.5. The van der Waals surface area contributed by atoms with Gasteiger partial charge in [-0.05, 0) is 28.9 Å². The summed E-state index contributed by atoms with van der Waals surface area (Å²) < 4.78 is 0.920. The quantitative estimate of drug-likeness (QED) is 0.802. The maximum Gasteiger partial charge on any atom is 0.152 e. The van der Waals surface area contributed by atoms with Crippen molar-refractivity contribution in [2.75, 3.05) is 0 Å². The lowest BCUT2D eigenvalue weighted by Gasteiger charge is -1.98. The standard InChI is InChI=1S/C8H6BrNOS/c1-5(11)7(3-10)8-2-6(9)4-12-8/h2,4,7H,1H3. The van der Waals surface area contributed by atoms with Crippen molar-refractivity contribution in [3.8, 4) is 6.07 Å². The maximum atomic E-state index is 11.0. The number of carbonyl (C=O) groups is 1. The highest BCUT2D eigenvalue weighted by Gasteiger charge is 2.17. The van der Waals surface area contributed by atoms with E-state index in [0.29, 0.717) is 0 Å². The van der Waals surface area contributed by atoms with Gasteiger partial charge in [-0.1, -0.05) is 0 Å². The third kappa shape index (κ3) is 1.93. The second kappa shape index (κ2) is 3.83. The van der Waals surface area contributed by atoms with Gasteiger partial charge in [-0.2, -0.15) is 5.26 Å². The number of thiophene rings is 1. The highest BCUT2D eigenvalue weighted by molar-refractivity contribution is 9.10. The third-order valence-corrected chi connectivity index (χ3v) is 3.17. The van der Waals surface area contributed by atoms with Crippen molar-refractivity contribution < 1.29 is 4.79 Å². The predicted octanol–water partition coefficient (Wildman–Crippen LogP) is 2.71. The Hall–Kier alpha value is -0.660. The molecular weight excluding hydrogens is 238 g/mol. The molecule has 0 aliphatic carbocycles. The van der Waals surface area contributed by atoms with Gasteiger partial charge >= 0.3 is 0 Å². The third-order valence-electron chi connectivity index (χ3n) is 1.41. The highest BCUT2D eigenvalue weighted by Crippen LogP contribution is 2.27. The molecule has 0 amide bonds. The Morgan fingerprint density at radius 1 is 1.83 bits per heavy atom. The van der Waals surface area contributed by atoms with Gasteiger partial charge in [-0.3, -0.25) is 4.79 Å². The van der Waals surface area contributed by atoms with Crippen molar-refractivity contribution in [2.24, 2.45) is 0 Å². The van der Waals surface area contributed by atoms with E-state index in [9.17, 15) is 4.79 Å². The van der Waals surface area contributed by atoms with E-state index in [4.69, 9.17) is 5.26 Å². The lowest BCUT2D eigenvalue weighted by atomic mass is 10.1. The molecule has 62 valence electrons. The Labute approximate surface area is 83.0 Å². The van der Waals surface area contributed by atoms with E-state index in [2.05, 4.69) is 15.9 Å². The summed E-state index contributed by atoms with van der Waals surface area (Å²) in [6, 6.07) is 3.78. The molecule has 0 radical (unpaired) electrons. The van der Waals surface area contributed by atoms with Gasteiger partial charge in [0.05, 0.1) is 6.07 Å². The van der Waals surface area contributed by atoms with Crippen LogP contribution in [0.3, 0.4) is 0 Å². The zero-order valence-corrected chi connectivity index (χ0v) is 8.78.